The molecule has 1 N–H and O–H groups in total. The van der Waals surface area contributed by atoms with Gasteiger partial charge in [0.15, 0.2) is 0 Å². The van der Waals surface area contributed by atoms with E-state index in [4.69, 9.17) is 0 Å². The summed E-state index contributed by atoms with van der Waals surface area (Å²) in [5.41, 5.74) is 3.50. The fraction of sp³-hybridized carbons (Fsp3) is 0.533. The molecular weight excluding hydrogens is 210 g/mol. The minimum atomic E-state index is 0.0733. The number of carbonyl (C=O) groups is 1. The Bertz CT molecular complexity index is 394. The average Bonchev–Trinajstić information content (AvgIpc) is 2.28. The Morgan fingerprint density at radius 3 is 2.29 bits per heavy atom. The van der Waals surface area contributed by atoms with Crippen LogP contribution in [-0.4, -0.2) is 5.91 Å². The summed E-state index contributed by atoms with van der Waals surface area (Å²) in [4.78, 5) is 11.5. The van der Waals surface area contributed by atoms with Gasteiger partial charge in [0.2, 0.25) is 5.91 Å². The molecule has 0 saturated carbocycles. The molecular formula is C15H23NO. The highest BCUT2D eigenvalue weighted by Crippen LogP contribution is 2.28. The zero-order chi connectivity index (χ0) is 13.0. The number of hydrogen-bond donors (Lipinski definition) is 1. The van der Waals surface area contributed by atoms with Crippen molar-refractivity contribution in [3.8, 4) is 0 Å². The molecule has 0 aliphatic carbocycles. The topological polar surface area (TPSA) is 29.1 Å². The van der Waals surface area contributed by atoms with Crippen LogP contribution in [0.1, 0.15) is 64.0 Å². The predicted molar refractivity (Wildman–Crippen MR) is 73.5 cm³/mol. The lowest BCUT2D eigenvalue weighted by Gasteiger charge is -2.16. The zero-order valence-corrected chi connectivity index (χ0v) is 11.5. The molecule has 0 fully saturated rings. The van der Waals surface area contributed by atoms with Crippen molar-refractivity contribution in [3.63, 3.8) is 0 Å². The molecule has 0 aliphatic rings. The Labute approximate surface area is 104 Å². The molecule has 1 aromatic rings. The first-order valence-corrected chi connectivity index (χ1v) is 6.39. The van der Waals surface area contributed by atoms with Gasteiger partial charge in [0.05, 0.1) is 0 Å². The van der Waals surface area contributed by atoms with Crippen LogP contribution in [0.3, 0.4) is 0 Å². The molecule has 2 nitrogen and oxygen atoms in total. The molecule has 94 valence electrons. The smallest absolute Gasteiger partial charge is 0.224 e. The van der Waals surface area contributed by atoms with E-state index in [0.29, 0.717) is 18.3 Å². The van der Waals surface area contributed by atoms with Gasteiger partial charge in [-0.25, -0.2) is 0 Å². The van der Waals surface area contributed by atoms with Gasteiger partial charge in [-0.1, -0.05) is 46.8 Å². The molecule has 0 saturated heterocycles. The molecule has 1 amide bonds. The second-order valence-corrected chi connectivity index (χ2v) is 5.06. The highest BCUT2D eigenvalue weighted by molar-refractivity contribution is 5.91. The van der Waals surface area contributed by atoms with Crippen LogP contribution in [0.4, 0.5) is 5.69 Å². The number of hydrogen-bond acceptors (Lipinski definition) is 1. The Morgan fingerprint density at radius 2 is 1.82 bits per heavy atom. The number of rotatable bonds is 4. The van der Waals surface area contributed by atoms with Crippen LogP contribution in [0, 0.1) is 0 Å². The maximum Gasteiger partial charge on any atom is 0.224 e. The van der Waals surface area contributed by atoms with Gasteiger partial charge in [-0.3, -0.25) is 4.79 Å². The van der Waals surface area contributed by atoms with Crippen LogP contribution in [0.2, 0.25) is 0 Å². The van der Waals surface area contributed by atoms with Crippen LogP contribution in [0.5, 0.6) is 0 Å². The first-order chi connectivity index (χ1) is 7.95. The maximum absolute atomic E-state index is 11.5. The molecule has 0 heterocycles. The van der Waals surface area contributed by atoms with E-state index in [9.17, 15) is 4.79 Å². The fourth-order valence-electron chi connectivity index (χ4n) is 1.77. The molecule has 0 bridgehead atoms. The van der Waals surface area contributed by atoms with Crippen molar-refractivity contribution in [1.29, 1.82) is 0 Å². The minimum absolute atomic E-state index is 0.0733. The van der Waals surface area contributed by atoms with Gasteiger partial charge in [0, 0.05) is 12.1 Å². The predicted octanol–water partition coefficient (Wildman–Crippen LogP) is 4.28. The fourth-order valence-corrected chi connectivity index (χ4v) is 1.77. The van der Waals surface area contributed by atoms with E-state index in [2.05, 4.69) is 45.1 Å². The monoisotopic (exact) mass is 233 g/mol. The van der Waals surface area contributed by atoms with Crippen LogP contribution < -0.4 is 5.32 Å². The zero-order valence-electron chi connectivity index (χ0n) is 11.5. The first kappa shape index (κ1) is 13.8. The molecule has 0 aliphatic heterocycles. The summed E-state index contributed by atoms with van der Waals surface area (Å²) in [6.07, 6.45) is 0.517. The maximum atomic E-state index is 11.5. The van der Waals surface area contributed by atoms with Crippen molar-refractivity contribution in [2.24, 2.45) is 0 Å². The summed E-state index contributed by atoms with van der Waals surface area (Å²) in [5, 5.41) is 2.97. The summed E-state index contributed by atoms with van der Waals surface area (Å²) >= 11 is 0. The van der Waals surface area contributed by atoms with Gasteiger partial charge in [0.25, 0.3) is 0 Å². The highest BCUT2D eigenvalue weighted by atomic mass is 16.1. The van der Waals surface area contributed by atoms with Gasteiger partial charge in [-0.05, 0) is 29.0 Å². The minimum Gasteiger partial charge on any atom is -0.326 e. The SMILES string of the molecule is CCC(=O)Nc1ccc(C(C)C)cc1C(C)C. The van der Waals surface area contributed by atoms with Crippen LogP contribution >= 0.6 is 0 Å². The largest absolute Gasteiger partial charge is 0.326 e. The van der Waals surface area contributed by atoms with Gasteiger partial charge >= 0.3 is 0 Å². The van der Waals surface area contributed by atoms with E-state index in [1.165, 1.54) is 11.1 Å². The van der Waals surface area contributed by atoms with Crippen LogP contribution in [0.25, 0.3) is 0 Å². The van der Waals surface area contributed by atoms with Crippen LogP contribution in [0.15, 0.2) is 18.2 Å². The number of benzene rings is 1. The van der Waals surface area contributed by atoms with E-state index in [0.717, 1.165) is 5.69 Å². The lowest BCUT2D eigenvalue weighted by Crippen LogP contribution is -2.12. The quantitative estimate of drug-likeness (QED) is 0.826. The molecule has 0 atom stereocenters. The van der Waals surface area contributed by atoms with E-state index >= 15 is 0 Å². The molecule has 0 aromatic heterocycles. The molecule has 0 unspecified atom stereocenters. The molecule has 0 radical (unpaired) electrons. The van der Waals surface area contributed by atoms with Crippen molar-refractivity contribution in [2.45, 2.75) is 52.9 Å². The highest BCUT2D eigenvalue weighted by Gasteiger charge is 2.11. The third kappa shape index (κ3) is 3.58. The van der Waals surface area contributed by atoms with Gasteiger partial charge in [0.1, 0.15) is 0 Å². The molecule has 1 aromatic carbocycles. The molecule has 1 rings (SSSR count). The summed E-state index contributed by atoms with van der Waals surface area (Å²) in [7, 11) is 0. The summed E-state index contributed by atoms with van der Waals surface area (Å²) < 4.78 is 0. The molecule has 0 spiro atoms. The Balaban J connectivity index is 3.08. The molecule has 2 heteroatoms. The lowest BCUT2D eigenvalue weighted by atomic mass is 9.94. The van der Waals surface area contributed by atoms with E-state index in [1.54, 1.807) is 0 Å². The van der Waals surface area contributed by atoms with Crippen molar-refractivity contribution in [3.05, 3.63) is 29.3 Å². The van der Waals surface area contributed by atoms with Crippen molar-refractivity contribution in [1.82, 2.24) is 0 Å². The van der Waals surface area contributed by atoms with E-state index in [-0.39, 0.29) is 5.91 Å². The number of carbonyl (C=O) groups excluding carboxylic acids is 1. The number of nitrogens with one attached hydrogen (secondary N) is 1. The van der Waals surface area contributed by atoms with Crippen LogP contribution in [-0.2, 0) is 4.79 Å². The van der Waals surface area contributed by atoms with Gasteiger partial charge < -0.3 is 5.32 Å². The number of anilines is 1. The Hall–Kier alpha value is -1.31. The third-order valence-electron chi connectivity index (χ3n) is 2.96. The van der Waals surface area contributed by atoms with Gasteiger partial charge in [-0.15, -0.1) is 0 Å². The first-order valence-electron chi connectivity index (χ1n) is 6.39. The van der Waals surface area contributed by atoms with E-state index < -0.39 is 0 Å². The average molecular weight is 233 g/mol. The Morgan fingerprint density at radius 1 is 1.18 bits per heavy atom. The standard InChI is InChI=1S/C15H23NO/c1-6-15(17)16-14-8-7-12(10(2)3)9-13(14)11(4)5/h7-11H,6H2,1-5H3,(H,16,17). The second kappa shape index (κ2) is 5.85. The van der Waals surface area contributed by atoms with Crippen molar-refractivity contribution in [2.75, 3.05) is 5.32 Å². The van der Waals surface area contributed by atoms with Crippen molar-refractivity contribution < 1.29 is 4.79 Å². The van der Waals surface area contributed by atoms with Gasteiger partial charge in [-0.2, -0.15) is 0 Å². The third-order valence-corrected chi connectivity index (χ3v) is 2.96. The van der Waals surface area contributed by atoms with E-state index in [1.807, 2.05) is 13.0 Å². The second-order valence-electron chi connectivity index (χ2n) is 5.06. The number of amides is 1. The summed E-state index contributed by atoms with van der Waals surface area (Å²) in [5.74, 6) is 1.01. The molecule has 17 heavy (non-hydrogen) atoms. The van der Waals surface area contributed by atoms with Crippen molar-refractivity contribution >= 4 is 11.6 Å². The normalized spacial score (nSPS) is 11.0. The summed E-state index contributed by atoms with van der Waals surface area (Å²) in [6, 6.07) is 6.33. The Kier molecular flexibility index (Phi) is 4.73. The lowest BCUT2D eigenvalue weighted by molar-refractivity contribution is -0.115. The summed E-state index contributed by atoms with van der Waals surface area (Å²) in [6.45, 7) is 10.5.